The van der Waals surface area contributed by atoms with E-state index in [0.717, 1.165) is 57.1 Å². The minimum Gasteiger partial charge on any atom is -0.455 e. The van der Waals surface area contributed by atoms with Crippen molar-refractivity contribution in [1.82, 2.24) is 34.5 Å². The predicted octanol–water partition coefficient (Wildman–Crippen LogP) is 8.72. The second kappa shape index (κ2) is 18.4. The number of rotatable bonds is 14. The van der Waals surface area contributed by atoms with Gasteiger partial charge in [0.2, 0.25) is 0 Å². The number of aromatic nitrogens is 4. The molecule has 1 saturated carbocycles. The van der Waals surface area contributed by atoms with E-state index in [0.29, 0.717) is 50.0 Å². The zero-order valence-electron chi connectivity index (χ0n) is 39.8. The molecule has 0 radical (unpaired) electrons. The number of hydrogen-bond donors (Lipinski definition) is 4. The summed E-state index contributed by atoms with van der Waals surface area (Å²) in [5.41, 5.74) is 1.33. The summed E-state index contributed by atoms with van der Waals surface area (Å²) in [7, 11) is -4.87. The topological polar surface area (TPSA) is 204 Å². The number of piperidine rings is 2. The summed E-state index contributed by atoms with van der Waals surface area (Å²) >= 11 is 0. The van der Waals surface area contributed by atoms with Gasteiger partial charge in [-0.3, -0.25) is 24.7 Å². The number of nitro groups is 1. The van der Waals surface area contributed by atoms with Gasteiger partial charge in [0, 0.05) is 68.8 Å². The van der Waals surface area contributed by atoms with Crippen molar-refractivity contribution in [2.24, 2.45) is 5.41 Å². The summed E-state index contributed by atoms with van der Waals surface area (Å²) in [6.45, 7) is 9.15. The number of ether oxygens (including phenoxy) is 2. The van der Waals surface area contributed by atoms with E-state index in [1.165, 1.54) is 54.8 Å². The highest BCUT2D eigenvalue weighted by Crippen LogP contribution is 2.54. The highest BCUT2D eigenvalue weighted by atomic mass is 32.2. The summed E-state index contributed by atoms with van der Waals surface area (Å²) in [6.07, 6.45) is 10.8. The number of imidazole rings is 1. The number of sulfonamides is 1. The standard InChI is InChI=1S/C51H58F2N10O7S/c1-31(2)36-6-3-4-7-37(36)41-8-5-15-62(41)33-23-50(24-33)11-16-60(17-12-50)32-9-10-38(43(20-32)70-35-21-39-40(52)26-55-48(39)54-25-35)49(64)59-71(67,68)44-22-42(63(65)66)45(47-46(44)57-30-58-47)56-29-51(53)13-18-61(19-14-51)34-27-69-28-34/h3-4,6-7,9-10,20-22,25-26,30-31,33-34,41,56H,5,8,11-19,23-24,27-29H2,1-2H3,(H,54,55)(H,57,58)(H,59,64)/t41-/m0/s1. The van der Waals surface area contributed by atoms with Crippen LogP contribution in [0.4, 0.5) is 25.8 Å². The summed E-state index contributed by atoms with van der Waals surface area (Å²) in [5.74, 6) is -1.09. The Hall–Kier alpha value is -6.22. The van der Waals surface area contributed by atoms with Gasteiger partial charge in [-0.1, -0.05) is 38.1 Å². The lowest BCUT2D eigenvalue weighted by Crippen LogP contribution is -2.55. The maximum Gasteiger partial charge on any atom is 0.296 e. The molecule has 71 heavy (non-hydrogen) atoms. The first-order valence-corrected chi connectivity index (χ1v) is 26.2. The highest BCUT2D eigenvalue weighted by Gasteiger charge is 2.50. The number of H-pyrrole nitrogens is 2. The third-order valence-corrected chi connectivity index (χ3v) is 17.3. The Morgan fingerprint density at radius 3 is 2.51 bits per heavy atom. The van der Waals surface area contributed by atoms with E-state index in [-0.39, 0.29) is 70.0 Å². The molecule has 6 aromatic rings. The molecule has 1 amide bonds. The van der Waals surface area contributed by atoms with E-state index < -0.39 is 42.9 Å². The number of aromatic amines is 2. The van der Waals surface area contributed by atoms with E-state index in [4.69, 9.17) is 9.47 Å². The molecule has 4 N–H and O–H groups in total. The maximum atomic E-state index is 16.1. The molecule has 5 fully saturated rings. The van der Waals surface area contributed by atoms with Crippen LogP contribution < -0.4 is 19.7 Å². The molecule has 7 heterocycles. The Morgan fingerprint density at radius 1 is 1.00 bits per heavy atom. The number of halogens is 2. The van der Waals surface area contributed by atoms with Crippen LogP contribution in [0.25, 0.3) is 22.1 Å². The molecular weight excluding hydrogens is 935 g/mol. The van der Waals surface area contributed by atoms with Crippen LogP contribution in [0.3, 0.4) is 0 Å². The lowest BCUT2D eigenvalue weighted by atomic mass is 9.59. The summed E-state index contributed by atoms with van der Waals surface area (Å²) in [4.78, 5) is 46.6. The van der Waals surface area contributed by atoms with Crippen LogP contribution in [0.1, 0.15) is 98.7 Å². The van der Waals surface area contributed by atoms with Gasteiger partial charge in [-0.2, -0.15) is 0 Å². The van der Waals surface area contributed by atoms with Gasteiger partial charge in [-0.25, -0.2) is 31.9 Å². The number of nitro benzene ring substituents is 1. The summed E-state index contributed by atoms with van der Waals surface area (Å²) in [6, 6.07) is 17.3. The predicted molar refractivity (Wildman–Crippen MR) is 264 cm³/mol. The number of carbonyl (C=O) groups excluding carboxylic acids is 1. The fourth-order valence-electron chi connectivity index (χ4n) is 11.8. The first kappa shape index (κ1) is 47.1. The van der Waals surface area contributed by atoms with Gasteiger partial charge in [-0.05, 0) is 98.6 Å². The molecule has 0 bridgehead atoms. The Balaban J connectivity index is 0.817. The number of likely N-dealkylation sites (tertiary alicyclic amines) is 2. The van der Waals surface area contributed by atoms with Crippen molar-refractivity contribution < 1.29 is 36.4 Å². The van der Waals surface area contributed by atoms with Gasteiger partial charge in [0.1, 0.15) is 44.7 Å². The largest absolute Gasteiger partial charge is 0.455 e. The number of hydrogen-bond acceptors (Lipinski definition) is 13. The number of nitrogens with zero attached hydrogens (tertiary/aromatic N) is 6. The average Bonchev–Trinajstić information content (AvgIpc) is 4.11. The highest BCUT2D eigenvalue weighted by molar-refractivity contribution is 7.90. The van der Waals surface area contributed by atoms with E-state index >= 15 is 4.39 Å². The van der Waals surface area contributed by atoms with Gasteiger partial charge in [0.05, 0.1) is 53.2 Å². The normalized spacial score (nSPS) is 20.9. The van der Waals surface area contributed by atoms with Crippen LogP contribution in [0.15, 0.2) is 78.2 Å². The molecule has 374 valence electrons. The average molecular weight is 993 g/mol. The smallest absolute Gasteiger partial charge is 0.296 e. The number of alkyl halides is 1. The zero-order chi connectivity index (χ0) is 49.2. The van der Waals surface area contributed by atoms with Crippen molar-refractivity contribution in [3.05, 3.63) is 106 Å². The Kier molecular flexibility index (Phi) is 12.2. The number of amides is 1. The zero-order valence-corrected chi connectivity index (χ0v) is 40.6. The molecule has 1 spiro atoms. The van der Waals surface area contributed by atoms with E-state index in [1.54, 1.807) is 12.1 Å². The van der Waals surface area contributed by atoms with Crippen molar-refractivity contribution in [3.8, 4) is 11.5 Å². The molecule has 3 aromatic heterocycles. The number of nitrogens with one attached hydrogen (secondary N) is 4. The maximum absolute atomic E-state index is 16.1. The number of anilines is 2. The Bertz CT molecular complexity index is 3120. The SMILES string of the molecule is CC(C)c1ccccc1[C@@H]1CCCN1C1CC2(CCN(c3ccc(C(=O)NS(=O)(=O)c4cc([N+](=O)[O-])c(NCC5(F)CCN(C6COC6)CC5)c5[nH]cnc45)c(Oc4cnc5[nH]cc(F)c5c4)c3)CC2)C1. The van der Waals surface area contributed by atoms with Gasteiger partial charge in [-0.15, -0.1) is 0 Å². The number of carbonyl (C=O) groups is 1. The number of pyridine rings is 1. The van der Waals surface area contributed by atoms with Crippen molar-refractivity contribution in [2.45, 2.75) is 99.8 Å². The van der Waals surface area contributed by atoms with Crippen molar-refractivity contribution >= 4 is 55.1 Å². The van der Waals surface area contributed by atoms with Crippen molar-refractivity contribution in [1.29, 1.82) is 0 Å². The molecule has 0 unspecified atom stereocenters. The quantitative estimate of drug-likeness (QED) is 0.0596. The van der Waals surface area contributed by atoms with Crippen molar-refractivity contribution in [2.75, 3.05) is 62.7 Å². The molecular formula is C51H58F2N10O7S. The Morgan fingerprint density at radius 2 is 1.77 bits per heavy atom. The second-order valence-corrected chi connectivity index (χ2v) is 22.2. The Labute approximate surface area is 409 Å². The van der Waals surface area contributed by atoms with Gasteiger partial charge < -0.3 is 29.7 Å². The van der Waals surface area contributed by atoms with Gasteiger partial charge in [0.25, 0.3) is 21.6 Å². The minimum absolute atomic E-state index is 0.0134. The summed E-state index contributed by atoms with van der Waals surface area (Å²) in [5, 5.41) is 15.6. The third-order valence-electron chi connectivity index (χ3n) is 15.9. The fraction of sp³-hybridized carbons (Fsp3) is 0.471. The lowest BCUT2D eigenvalue weighted by molar-refractivity contribution is -0.384. The van der Waals surface area contributed by atoms with Gasteiger partial charge in [0.15, 0.2) is 0 Å². The molecule has 5 aliphatic rings. The lowest BCUT2D eigenvalue weighted by Gasteiger charge is -2.56. The van der Waals surface area contributed by atoms with Crippen LogP contribution in [0.2, 0.25) is 0 Å². The number of fused-ring (bicyclic) bond motifs is 2. The first-order chi connectivity index (χ1) is 34.2. The van der Waals surface area contributed by atoms with Crippen LogP contribution in [0.5, 0.6) is 11.5 Å². The summed E-state index contributed by atoms with van der Waals surface area (Å²) < 4.78 is 73.0. The molecule has 17 nitrogen and oxygen atoms in total. The van der Waals surface area contributed by atoms with E-state index in [2.05, 4.69) is 82.8 Å². The molecule has 1 aliphatic carbocycles. The van der Waals surface area contributed by atoms with Gasteiger partial charge >= 0.3 is 0 Å². The molecule has 11 rings (SSSR count). The first-order valence-electron chi connectivity index (χ1n) is 24.7. The monoisotopic (exact) mass is 992 g/mol. The second-order valence-electron chi connectivity index (χ2n) is 20.5. The molecule has 1 atom stereocenters. The fourth-order valence-corrected chi connectivity index (χ4v) is 12.9. The molecule has 3 aromatic carbocycles. The van der Waals surface area contributed by atoms with Crippen LogP contribution in [-0.2, 0) is 14.8 Å². The van der Waals surface area contributed by atoms with E-state index in [9.17, 15) is 27.7 Å². The minimum atomic E-state index is -4.87. The van der Waals surface area contributed by atoms with Crippen LogP contribution >= 0.6 is 0 Å². The van der Waals surface area contributed by atoms with Crippen LogP contribution in [-0.4, -0.2) is 119 Å². The third kappa shape index (κ3) is 8.97. The number of benzene rings is 3. The van der Waals surface area contributed by atoms with Crippen LogP contribution in [0, 0.1) is 21.3 Å². The molecule has 20 heteroatoms. The molecule has 4 saturated heterocycles. The van der Waals surface area contributed by atoms with Crippen molar-refractivity contribution in [3.63, 3.8) is 0 Å². The molecule has 4 aliphatic heterocycles. The van der Waals surface area contributed by atoms with E-state index in [1.807, 2.05) is 0 Å².